The van der Waals surface area contributed by atoms with E-state index in [1.165, 1.54) is 85.8 Å². The van der Waals surface area contributed by atoms with Crippen molar-refractivity contribution in [3.63, 3.8) is 0 Å². The summed E-state index contributed by atoms with van der Waals surface area (Å²) in [7, 11) is 0. The van der Waals surface area contributed by atoms with Crippen LogP contribution in [-0.2, 0) is 0 Å². The van der Waals surface area contributed by atoms with Crippen LogP contribution in [0.5, 0.6) is 0 Å². The first kappa shape index (κ1) is 37.7. The standard InChI is InChI=1S/C62H38N4S/c1-3-13-39(14-4-1)55-36-46(37-56(64-55)40-15-5-2-6-16-40)66-58-22-12-10-19-48(58)51-32-41(23-26-60(51)66)44-31-42-17-7-8-18-47(42)50(34-44)43-24-27-59-52(33-43)49-20-9-11-21-57(49)65(59)45-25-28-61-53(35-45)54-38-63-30-29-62(54)67-61/h1-38H. The van der Waals surface area contributed by atoms with Gasteiger partial charge in [-0.15, -0.1) is 11.3 Å². The van der Waals surface area contributed by atoms with Gasteiger partial charge in [-0.3, -0.25) is 4.98 Å². The first-order valence-electron chi connectivity index (χ1n) is 22.7. The van der Waals surface area contributed by atoms with E-state index in [1.807, 2.05) is 23.7 Å². The van der Waals surface area contributed by atoms with Gasteiger partial charge in [0.25, 0.3) is 0 Å². The zero-order valence-electron chi connectivity index (χ0n) is 36.1. The van der Waals surface area contributed by atoms with Gasteiger partial charge in [0.1, 0.15) is 0 Å². The van der Waals surface area contributed by atoms with Gasteiger partial charge >= 0.3 is 0 Å². The monoisotopic (exact) mass is 870 g/mol. The minimum absolute atomic E-state index is 0.942. The summed E-state index contributed by atoms with van der Waals surface area (Å²) in [6, 6.07) is 79.6. The molecular weight excluding hydrogens is 833 g/mol. The van der Waals surface area contributed by atoms with Gasteiger partial charge < -0.3 is 9.13 Å². The molecule has 0 bridgehead atoms. The molecule has 67 heavy (non-hydrogen) atoms. The van der Waals surface area contributed by atoms with Gasteiger partial charge in [-0.25, -0.2) is 4.98 Å². The fraction of sp³-hybridized carbons (Fsp3) is 0. The number of benzene rings is 9. The minimum Gasteiger partial charge on any atom is -0.309 e. The van der Waals surface area contributed by atoms with Crippen LogP contribution in [0, 0.1) is 0 Å². The average Bonchev–Trinajstić information content (AvgIpc) is 4.05. The fourth-order valence-corrected chi connectivity index (χ4v) is 11.5. The molecule has 0 atom stereocenters. The normalized spacial score (nSPS) is 11.9. The van der Waals surface area contributed by atoms with E-state index in [0.29, 0.717) is 0 Å². The lowest BCUT2D eigenvalue weighted by Gasteiger charge is -2.14. The fourth-order valence-electron chi connectivity index (χ4n) is 10.5. The molecule has 0 amide bonds. The van der Waals surface area contributed by atoms with Crippen molar-refractivity contribution in [3.8, 4) is 56.1 Å². The van der Waals surface area contributed by atoms with Crippen LogP contribution < -0.4 is 0 Å². The Morgan fingerprint density at radius 2 is 0.896 bits per heavy atom. The van der Waals surface area contributed by atoms with E-state index in [1.54, 1.807) is 0 Å². The molecular formula is C62H38N4S. The molecule has 0 fully saturated rings. The van der Waals surface area contributed by atoms with Crippen molar-refractivity contribution >= 4 is 85.9 Å². The van der Waals surface area contributed by atoms with Gasteiger partial charge in [0, 0.05) is 70.9 Å². The summed E-state index contributed by atoms with van der Waals surface area (Å²) in [5.74, 6) is 0. The predicted molar refractivity (Wildman–Crippen MR) is 283 cm³/mol. The number of para-hydroxylation sites is 2. The Bertz CT molecular complexity index is 4220. The maximum Gasteiger partial charge on any atom is 0.0730 e. The van der Waals surface area contributed by atoms with E-state index in [4.69, 9.17) is 4.98 Å². The van der Waals surface area contributed by atoms with Crippen molar-refractivity contribution in [2.75, 3.05) is 0 Å². The van der Waals surface area contributed by atoms with Crippen molar-refractivity contribution in [1.82, 2.24) is 19.1 Å². The number of rotatable bonds is 6. The highest BCUT2D eigenvalue weighted by molar-refractivity contribution is 7.25. The number of nitrogens with zero attached hydrogens (tertiary/aromatic N) is 4. The van der Waals surface area contributed by atoms with E-state index in [9.17, 15) is 0 Å². The summed E-state index contributed by atoms with van der Waals surface area (Å²) >= 11 is 1.82. The molecule has 14 rings (SSSR count). The van der Waals surface area contributed by atoms with Gasteiger partial charge in [-0.05, 0) is 118 Å². The molecule has 4 nitrogen and oxygen atoms in total. The Balaban J connectivity index is 0.928. The summed E-state index contributed by atoms with van der Waals surface area (Å²) in [5, 5.41) is 9.78. The molecule has 0 unspecified atom stereocenters. The van der Waals surface area contributed by atoms with Crippen LogP contribution in [0.2, 0.25) is 0 Å². The van der Waals surface area contributed by atoms with Crippen molar-refractivity contribution in [2.24, 2.45) is 0 Å². The highest BCUT2D eigenvalue weighted by atomic mass is 32.1. The number of fused-ring (bicyclic) bond motifs is 10. The SMILES string of the molecule is c1ccc(-c2cc(-n3c4ccccc4c4cc(-c5cc(-c6ccc7c(c6)c6ccccc6n7-c6ccc7sc8ccncc8c7c6)c6ccccc6c5)ccc43)cc(-c3ccccc3)n2)cc1. The second-order valence-corrected chi connectivity index (χ2v) is 18.5. The molecule has 0 aliphatic heterocycles. The van der Waals surface area contributed by atoms with Crippen molar-refractivity contribution < 1.29 is 0 Å². The van der Waals surface area contributed by atoms with Crippen LogP contribution in [0.15, 0.2) is 231 Å². The Kier molecular flexibility index (Phi) is 8.42. The van der Waals surface area contributed by atoms with Crippen LogP contribution in [0.4, 0.5) is 0 Å². The quantitative estimate of drug-likeness (QED) is 0.167. The average molecular weight is 871 g/mol. The van der Waals surface area contributed by atoms with Crippen LogP contribution in [0.1, 0.15) is 0 Å². The maximum atomic E-state index is 5.20. The van der Waals surface area contributed by atoms with Crippen LogP contribution in [0.25, 0.3) is 131 Å². The second kappa shape index (κ2) is 15.0. The van der Waals surface area contributed by atoms with Crippen molar-refractivity contribution in [1.29, 1.82) is 0 Å². The van der Waals surface area contributed by atoms with E-state index in [2.05, 4.69) is 233 Å². The maximum absolute atomic E-state index is 5.20. The number of pyridine rings is 2. The molecule has 5 aromatic heterocycles. The minimum atomic E-state index is 0.942. The molecule has 312 valence electrons. The van der Waals surface area contributed by atoms with E-state index < -0.39 is 0 Å². The largest absolute Gasteiger partial charge is 0.309 e. The number of thiophene rings is 1. The van der Waals surface area contributed by atoms with Gasteiger partial charge in [0.15, 0.2) is 0 Å². The molecule has 5 heteroatoms. The lowest BCUT2D eigenvalue weighted by atomic mass is 9.92. The van der Waals surface area contributed by atoms with Gasteiger partial charge in [-0.2, -0.15) is 0 Å². The third-order valence-corrected chi connectivity index (χ3v) is 14.7. The van der Waals surface area contributed by atoms with Crippen LogP contribution in [0.3, 0.4) is 0 Å². The first-order chi connectivity index (χ1) is 33.2. The van der Waals surface area contributed by atoms with E-state index in [-0.39, 0.29) is 0 Å². The lowest BCUT2D eigenvalue weighted by molar-refractivity contribution is 1.16. The van der Waals surface area contributed by atoms with Crippen LogP contribution >= 0.6 is 11.3 Å². The Morgan fingerprint density at radius 1 is 0.328 bits per heavy atom. The van der Waals surface area contributed by atoms with Crippen molar-refractivity contribution in [3.05, 3.63) is 231 Å². The highest BCUT2D eigenvalue weighted by Crippen LogP contribution is 2.42. The van der Waals surface area contributed by atoms with Gasteiger partial charge in [0.05, 0.1) is 39.1 Å². The predicted octanol–water partition coefficient (Wildman–Crippen LogP) is 16.9. The third-order valence-electron chi connectivity index (χ3n) is 13.6. The lowest BCUT2D eigenvalue weighted by Crippen LogP contribution is -1.98. The molecule has 0 radical (unpaired) electrons. The first-order valence-corrected chi connectivity index (χ1v) is 23.5. The Hall–Kier alpha value is -8.64. The molecule has 0 saturated heterocycles. The Morgan fingerprint density at radius 3 is 1.60 bits per heavy atom. The van der Waals surface area contributed by atoms with Crippen LogP contribution in [-0.4, -0.2) is 19.1 Å². The topological polar surface area (TPSA) is 35.6 Å². The molecule has 0 aliphatic rings. The molecule has 0 aliphatic carbocycles. The zero-order valence-corrected chi connectivity index (χ0v) is 37.0. The zero-order chi connectivity index (χ0) is 44.0. The van der Waals surface area contributed by atoms with Gasteiger partial charge in [0.2, 0.25) is 0 Å². The Labute approximate surface area is 389 Å². The second-order valence-electron chi connectivity index (χ2n) is 17.4. The number of aromatic nitrogens is 4. The number of hydrogen-bond acceptors (Lipinski definition) is 3. The molecule has 0 N–H and O–H groups in total. The molecule has 0 spiro atoms. The molecule has 9 aromatic carbocycles. The van der Waals surface area contributed by atoms with Gasteiger partial charge in [-0.1, -0.05) is 133 Å². The highest BCUT2D eigenvalue weighted by Gasteiger charge is 2.19. The summed E-state index contributed by atoms with van der Waals surface area (Å²) in [4.78, 5) is 9.67. The summed E-state index contributed by atoms with van der Waals surface area (Å²) < 4.78 is 7.36. The van der Waals surface area contributed by atoms with E-state index >= 15 is 0 Å². The van der Waals surface area contributed by atoms with Crippen molar-refractivity contribution in [2.45, 2.75) is 0 Å². The summed E-state index contributed by atoms with van der Waals surface area (Å²) in [6.45, 7) is 0. The van der Waals surface area contributed by atoms with E-state index in [0.717, 1.165) is 44.9 Å². The molecule has 14 aromatic rings. The molecule has 5 heterocycles. The summed E-state index contributed by atoms with van der Waals surface area (Å²) in [6.07, 6.45) is 3.88. The smallest absolute Gasteiger partial charge is 0.0730 e. The molecule has 0 saturated carbocycles. The summed E-state index contributed by atoms with van der Waals surface area (Å²) in [5.41, 5.74) is 15.7. The third kappa shape index (κ3) is 6.06. The number of hydrogen-bond donors (Lipinski definition) is 0.